The number of rotatable bonds is 6. The summed E-state index contributed by atoms with van der Waals surface area (Å²) in [7, 11) is 2.92. The Labute approximate surface area is 296 Å². The summed E-state index contributed by atoms with van der Waals surface area (Å²) in [4.78, 5) is 73.7. The van der Waals surface area contributed by atoms with Crippen molar-refractivity contribution in [3.05, 3.63) is 47.0 Å². The molecule has 0 spiro atoms. The predicted octanol–water partition coefficient (Wildman–Crippen LogP) is 3.75. The number of alkyl halides is 2. The molecule has 4 heterocycles. The monoisotopic (exact) mass is 718 g/mol. The normalized spacial score (nSPS) is 15.0. The van der Waals surface area contributed by atoms with Crippen LogP contribution in [0.3, 0.4) is 0 Å². The number of carbonyl (C=O) groups is 5. The second-order valence-electron chi connectivity index (χ2n) is 13.7. The van der Waals surface area contributed by atoms with Crippen molar-refractivity contribution in [2.45, 2.75) is 59.2 Å². The molecule has 2 aromatic rings. The van der Waals surface area contributed by atoms with Crippen molar-refractivity contribution in [3.8, 4) is 0 Å². The molecule has 0 aliphatic carbocycles. The van der Waals surface area contributed by atoms with Gasteiger partial charge in [0, 0.05) is 66.5 Å². The summed E-state index contributed by atoms with van der Waals surface area (Å²) in [6.07, 6.45) is -2.92. The van der Waals surface area contributed by atoms with Gasteiger partial charge in [-0.15, -0.1) is 0 Å². The number of carbonyl (C=O) groups excluding carboxylic acids is 5. The Morgan fingerprint density at radius 3 is 1.45 bits per heavy atom. The van der Waals surface area contributed by atoms with Gasteiger partial charge in [0.05, 0.1) is 11.4 Å². The molecule has 15 nitrogen and oxygen atoms in total. The first kappa shape index (κ1) is 40.3. The standard InChI is InChI=1S/C17H24F2N4O3.C17H24N4O4/c1-17(2,3)26-16(25)23-9-7-22(8-10-23)12-6-5-11(15(24)20-4)21-13(12)14(18)19;1-17(2,3)25-16(24)21-9-7-20(8-10-21)14-6-5-12(15(23)18-4)19-13(14)11-22/h5-6,14H,7-10H2,1-4H3,(H,20,24);5-6,11H,7-10H2,1-4H3,(H,18,23). The lowest BCUT2D eigenvalue weighted by atomic mass is 10.2. The molecule has 2 aliphatic rings. The van der Waals surface area contributed by atoms with E-state index >= 15 is 0 Å². The molecule has 4 amide bonds. The number of piperazine rings is 2. The van der Waals surface area contributed by atoms with E-state index in [2.05, 4.69) is 20.6 Å². The molecule has 280 valence electrons. The Bertz CT molecular complexity index is 1560. The Balaban J connectivity index is 0.000000276. The number of ether oxygens (including phenoxy) is 2. The number of aromatic nitrogens is 2. The zero-order valence-corrected chi connectivity index (χ0v) is 30.4. The summed E-state index contributed by atoms with van der Waals surface area (Å²) < 4.78 is 37.5. The van der Waals surface area contributed by atoms with E-state index in [4.69, 9.17) is 9.47 Å². The first-order chi connectivity index (χ1) is 23.9. The number of aldehydes is 1. The van der Waals surface area contributed by atoms with Gasteiger partial charge in [-0.05, 0) is 65.8 Å². The lowest BCUT2D eigenvalue weighted by Gasteiger charge is -2.37. The van der Waals surface area contributed by atoms with E-state index in [0.717, 1.165) is 0 Å². The average molecular weight is 719 g/mol. The lowest BCUT2D eigenvalue weighted by molar-refractivity contribution is 0.0230. The Morgan fingerprint density at radius 1 is 0.686 bits per heavy atom. The van der Waals surface area contributed by atoms with Crippen LogP contribution in [0.15, 0.2) is 24.3 Å². The topological polar surface area (TPSA) is 167 Å². The quantitative estimate of drug-likeness (QED) is 0.418. The number of hydrogen-bond donors (Lipinski definition) is 2. The van der Waals surface area contributed by atoms with Gasteiger partial charge in [0.25, 0.3) is 18.2 Å². The van der Waals surface area contributed by atoms with Gasteiger partial charge < -0.3 is 39.7 Å². The smallest absolute Gasteiger partial charge is 0.410 e. The molecule has 2 aliphatic heterocycles. The molecule has 0 radical (unpaired) electrons. The van der Waals surface area contributed by atoms with Crippen molar-refractivity contribution in [2.75, 3.05) is 76.3 Å². The molecule has 4 rings (SSSR count). The van der Waals surface area contributed by atoms with Crippen molar-refractivity contribution in [1.82, 2.24) is 30.4 Å². The average Bonchev–Trinajstić information content (AvgIpc) is 3.09. The molecule has 0 atom stereocenters. The van der Waals surface area contributed by atoms with Gasteiger partial charge in [0.1, 0.15) is 34.0 Å². The summed E-state index contributed by atoms with van der Waals surface area (Å²) in [5.41, 5.74) is -0.263. The zero-order chi connectivity index (χ0) is 38.1. The van der Waals surface area contributed by atoms with Crippen molar-refractivity contribution < 1.29 is 42.2 Å². The van der Waals surface area contributed by atoms with Crippen LogP contribution in [-0.4, -0.2) is 128 Å². The molecule has 2 saturated heterocycles. The van der Waals surface area contributed by atoms with Crippen LogP contribution in [0.4, 0.5) is 29.7 Å². The highest BCUT2D eigenvalue weighted by Crippen LogP contribution is 2.29. The van der Waals surface area contributed by atoms with E-state index in [1.807, 2.05) is 25.7 Å². The fraction of sp³-hybridized carbons (Fsp3) is 0.559. The number of amides is 4. The van der Waals surface area contributed by atoms with Crippen molar-refractivity contribution in [1.29, 1.82) is 0 Å². The van der Waals surface area contributed by atoms with E-state index in [0.29, 0.717) is 64.3 Å². The van der Waals surface area contributed by atoms with Crippen molar-refractivity contribution in [3.63, 3.8) is 0 Å². The fourth-order valence-electron chi connectivity index (χ4n) is 5.14. The summed E-state index contributed by atoms with van der Waals surface area (Å²) >= 11 is 0. The predicted molar refractivity (Wildman–Crippen MR) is 186 cm³/mol. The van der Waals surface area contributed by atoms with Crippen LogP contribution in [0, 0.1) is 0 Å². The number of nitrogens with one attached hydrogen (secondary N) is 2. The van der Waals surface area contributed by atoms with Gasteiger partial charge in [-0.3, -0.25) is 14.4 Å². The van der Waals surface area contributed by atoms with Gasteiger partial charge in [0.2, 0.25) is 0 Å². The number of anilines is 2. The maximum Gasteiger partial charge on any atom is 0.410 e. The van der Waals surface area contributed by atoms with Crippen LogP contribution in [0.5, 0.6) is 0 Å². The molecule has 2 aromatic heterocycles. The van der Waals surface area contributed by atoms with Crippen LogP contribution < -0.4 is 20.4 Å². The highest BCUT2D eigenvalue weighted by molar-refractivity contribution is 5.94. The lowest BCUT2D eigenvalue weighted by Crippen LogP contribution is -2.50. The second-order valence-corrected chi connectivity index (χ2v) is 13.7. The van der Waals surface area contributed by atoms with Crippen molar-refractivity contribution in [2.24, 2.45) is 0 Å². The molecule has 0 saturated carbocycles. The van der Waals surface area contributed by atoms with Crippen LogP contribution >= 0.6 is 0 Å². The molecule has 51 heavy (non-hydrogen) atoms. The maximum atomic E-state index is 13.4. The first-order valence-electron chi connectivity index (χ1n) is 16.5. The fourth-order valence-corrected chi connectivity index (χ4v) is 5.14. The Kier molecular flexibility index (Phi) is 13.6. The number of nitrogens with zero attached hydrogens (tertiary/aromatic N) is 6. The third-order valence-electron chi connectivity index (χ3n) is 7.59. The highest BCUT2D eigenvalue weighted by Gasteiger charge is 2.30. The Hall–Kier alpha value is -5.09. The number of halogens is 2. The minimum absolute atomic E-state index is 0.0565. The van der Waals surface area contributed by atoms with Gasteiger partial charge in [-0.1, -0.05) is 0 Å². The summed E-state index contributed by atoms with van der Waals surface area (Å²) in [6, 6.07) is 6.19. The molecule has 2 N–H and O–H groups in total. The third kappa shape index (κ3) is 11.5. The van der Waals surface area contributed by atoms with Crippen molar-refractivity contribution >= 4 is 41.7 Å². The van der Waals surface area contributed by atoms with Gasteiger partial charge in [0.15, 0.2) is 6.29 Å². The molecule has 2 fully saturated rings. The summed E-state index contributed by atoms with van der Waals surface area (Å²) in [6.45, 7) is 14.4. The van der Waals surface area contributed by atoms with Crippen LogP contribution in [-0.2, 0) is 9.47 Å². The zero-order valence-electron chi connectivity index (χ0n) is 30.4. The number of hydrogen-bond acceptors (Lipinski definition) is 11. The Morgan fingerprint density at radius 2 is 1.08 bits per heavy atom. The largest absolute Gasteiger partial charge is 0.444 e. The van der Waals surface area contributed by atoms with E-state index in [1.165, 1.54) is 26.2 Å². The molecule has 0 unspecified atom stereocenters. The van der Waals surface area contributed by atoms with Gasteiger partial charge in [-0.2, -0.15) is 0 Å². The molecule has 0 bridgehead atoms. The van der Waals surface area contributed by atoms with Crippen LogP contribution in [0.2, 0.25) is 0 Å². The minimum Gasteiger partial charge on any atom is -0.444 e. The summed E-state index contributed by atoms with van der Waals surface area (Å²) in [5.74, 6) is -0.863. The second kappa shape index (κ2) is 17.2. The minimum atomic E-state index is -2.81. The maximum absolute atomic E-state index is 13.4. The van der Waals surface area contributed by atoms with E-state index < -0.39 is 35.3 Å². The highest BCUT2D eigenvalue weighted by atomic mass is 19.3. The molecule has 0 aromatic carbocycles. The van der Waals surface area contributed by atoms with Crippen LogP contribution in [0.25, 0.3) is 0 Å². The summed E-state index contributed by atoms with van der Waals surface area (Å²) in [5, 5.41) is 4.84. The van der Waals surface area contributed by atoms with E-state index in [9.17, 15) is 32.8 Å². The van der Waals surface area contributed by atoms with Gasteiger partial charge in [-0.25, -0.2) is 28.3 Å². The molecular formula is C34H48F2N8O7. The van der Waals surface area contributed by atoms with E-state index in [-0.39, 0.29) is 34.8 Å². The molecule has 17 heteroatoms. The first-order valence-corrected chi connectivity index (χ1v) is 16.5. The third-order valence-corrected chi connectivity index (χ3v) is 7.59. The number of pyridine rings is 2. The van der Waals surface area contributed by atoms with E-state index in [1.54, 1.807) is 47.6 Å². The van der Waals surface area contributed by atoms with Crippen LogP contribution in [0.1, 0.15) is 85.1 Å². The molecular weight excluding hydrogens is 670 g/mol. The SMILES string of the molecule is CNC(=O)c1ccc(N2CCN(C(=O)OC(C)(C)C)CC2)c(C(F)F)n1.CNC(=O)c1ccc(N2CCN(C(=O)OC(C)(C)C)CC2)c(C=O)n1. The van der Waals surface area contributed by atoms with Gasteiger partial charge >= 0.3 is 12.2 Å².